The third kappa shape index (κ3) is 3.80. The summed E-state index contributed by atoms with van der Waals surface area (Å²) in [5.41, 5.74) is 1.05. The van der Waals surface area contributed by atoms with Crippen LogP contribution in [0.5, 0.6) is 0 Å². The lowest BCUT2D eigenvalue weighted by Crippen LogP contribution is -2.31. The summed E-state index contributed by atoms with van der Waals surface area (Å²) in [7, 11) is 3.53. The van der Waals surface area contributed by atoms with Gasteiger partial charge in [0, 0.05) is 20.7 Å². The minimum atomic E-state index is -0.852. The Morgan fingerprint density at radius 2 is 2.24 bits per heavy atom. The number of hydrogen-bond donors (Lipinski definition) is 2. The lowest BCUT2D eigenvalue weighted by Gasteiger charge is -2.24. The van der Waals surface area contributed by atoms with Gasteiger partial charge in [0.25, 0.3) is 0 Å². The van der Waals surface area contributed by atoms with E-state index in [4.69, 9.17) is 4.74 Å². The average Bonchev–Trinajstić information content (AvgIpc) is 2.58. The summed E-state index contributed by atoms with van der Waals surface area (Å²) in [5.74, 6) is 0. The van der Waals surface area contributed by atoms with Crippen LogP contribution in [0.15, 0.2) is 6.20 Å². The van der Waals surface area contributed by atoms with Crippen molar-refractivity contribution in [3.05, 3.63) is 17.5 Å². The number of nitrogens with zero attached hydrogens (tertiary/aromatic N) is 2. The lowest BCUT2D eigenvalue weighted by molar-refractivity contribution is 0.0386. The summed E-state index contributed by atoms with van der Waals surface area (Å²) in [6, 6.07) is 0. The van der Waals surface area contributed by atoms with Crippen molar-refractivity contribution in [3.8, 4) is 0 Å². The zero-order chi connectivity index (χ0) is 12.9. The van der Waals surface area contributed by atoms with E-state index in [1.54, 1.807) is 18.0 Å². The van der Waals surface area contributed by atoms with E-state index >= 15 is 0 Å². The molecule has 0 aliphatic heterocycles. The largest absolute Gasteiger partial charge is 0.384 e. The topological polar surface area (TPSA) is 59.3 Å². The minimum absolute atomic E-state index is 0.650. The average molecular weight is 241 g/mol. The van der Waals surface area contributed by atoms with Crippen molar-refractivity contribution in [1.82, 2.24) is 15.1 Å². The van der Waals surface area contributed by atoms with Gasteiger partial charge in [-0.3, -0.25) is 4.68 Å². The number of aryl methyl sites for hydroxylation is 2. The predicted octanol–water partition coefficient (Wildman–Crippen LogP) is 0.562. The van der Waals surface area contributed by atoms with Crippen LogP contribution >= 0.6 is 0 Å². The van der Waals surface area contributed by atoms with Gasteiger partial charge in [-0.2, -0.15) is 5.10 Å². The SMILES string of the molecule is COCCNCCC(C)(O)c1c(C)cnn1C. The molecular formula is C12H23N3O2. The fraction of sp³-hybridized carbons (Fsp3) is 0.750. The van der Waals surface area contributed by atoms with Crippen LogP contribution in [0.3, 0.4) is 0 Å². The van der Waals surface area contributed by atoms with Gasteiger partial charge in [-0.05, 0) is 32.4 Å². The summed E-state index contributed by atoms with van der Waals surface area (Å²) in [4.78, 5) is 0. The van der Waals surface area contributed by atoms with Crippen LogP contribution < -0.4 is 5.32 Å². The van der Waals surface area contributed by atoms with Gasteiger partial charge in [0.2, 0.25) is 0 Å². The van der Waals surface area contributed by atoms with Gasteiger partial charge in [0.15, 0.2) is 0 Å². The molecule has 0 aliphatic rings. The Balaban J connectivity index is 2.51. The van der Waals surface area contributed by atoms with E-state index in [1.807, 2.05) is 20.9 Å². The molecule has 1 aromatic rings. The number of aromatic nitrogens is 2. The molecule has 17 heavy (non-hydrogen) atoms. The molecule has 0 saturated carbocycles. The van der Waals surface area contributed by atoms with Crippen LogP contribution in [0, 0.1) is 6.92 Å². The molecule has 5 nitrogen and oxygen atoms in total. The Labute approximate surface area is 103 Å². The molecule has 0 amide bonds. The predicted molar refractivity (Wildman–Crippen MR) is 66.9 cm³/mol. The summed E-state index contributed by atoms with van der Waals surface area (Å²) in [5, 5.41) is 17.8. The number of aliphatic hydroxyl groups is 1. The molecule has 2 N–H and O–H groups in total. The van der Waals surface area contributed by atoms with Crippen molar-refractivity contribution >= 4 is 0 Å². The summed E-state index contributed by atoms with van der Waals surface area (Å²) >= 11 is 0. The van der Waals surface area contributed by atoms with E-state index in [1.165, 1.54) is 0 Å². The quantitative estimate of drug-likeness (QED) is 0.685. The minimum Gasteiger partial charge on any atom is -0.384 e. The molecule has 98 valence electrons. The Morgan fingerprint density at radius 3 is 2.76 bits per heavy atom. The third-order valence-corrected chi connectivity index (χ3v) is 2.90. The molecule has 1 aromatic heterocycles. The zero-order valence-corrected chi connectivity index (χ0v) is 11.2. The van der Waals surface area contributed by atoms with E-state index in [-0.39, 0.29) is 0 Å². The third-order valence-electron chi connectivity index (χ3n) is 2.90. The highest BCUT2D eigenvalue weighted by Gasteiger charge is 2.27. The second-order valence-corrected chi connectivity index (χ2v) is 4.57. The highest BCUT2D eigenvalue weighted by molar-refractivity contribution is 5.21. The number of methoxy groups -OCH3 is 1. The Bertz CT molecular complexity index is 328. The van der Waals surface area contributed by atoms with Crippen molar-refractivity contribution < 1.29 is 9.84 Å². The van der Waals surface area contributed by atoms with Crippen molar-refractivity contribution in [1.29, 1.82) is 0 Å². The second-order valence-electron chi connectivity index (χ2n) is 4.57. The fourth-order valence-corrected chi connectivity index (χ4v) is 2.07. The number of nitrogens with one attached hydrogen (secondary N) is 1. The molecule has 0 fully saturated rings. The van der Waals surface area contributed by atoms with Crippen molar-refractivity contribution in [2.24, 2.45) is 7.05 Å². The second kappa shape index (κ2) is 6.14. The van der Waals surface area contributed by atoms with E-state index < -0.39 is 5.60 Å². The Kier molecular flexibility index (Phi) is 5.11. The number of hydrogen-bond acceptors (Lipinski definition) is 4. The molecule has 1 rings (SSSR count). The van der Waals surface area contributed by atoms with Gasteiger partial charge in [0.1, 0.15) is 5.60 Å². The molecule has 0 saturated heterocycles. The molecule has 0 bridgehead atoms. The van der Waals surface area contributed by atoms with E-state index in [0.717, 1.165) is 24.3 Å². The van der Waals surface area contributed by atoms with E-state index in [2.05, 4.69) is 10.4 Å². The Hall–Kier alpha value is -0.910. The van der Waals surface area contributed by atoms with E-state index in [9.17, 15) is 5.11 Å². The molecule has 0 aromatic carbocycles. The molecule has 1 unspecified atom stereocenters. The van der Waals surface area contributed by atoms with Gasteiger partial charge in [-0.1, -0.05) is 0 Å². The normalized spacial score (nSPS) is 14.9. The van der Waals surface area contributed by atoms with Crippen LogP contribution in [0.25, 0.3) is 0 Å². The first-order chi connectivity index (χ1) is 7.99. The lowest BCUT2D eigenvalue weighted by atomic mass is 9.95. The van der Waals surface area contributed by atoms with Gasteiger partial charge >= 0.3 is 0 Å². The maximum atomic E-state index is 10.5. The summed E-state index contributed by atoms with van der Waals surface area (Å²) in [6.07, 6.45) is 2.43. The maximum Gasteiger partial charge on any atom is 0.105 e. The molecule has 1 atom stereocenters. The van der Waals surface area contributed by atoms with Crippen LogP contribution in [-0.2, 0) is 17.4 Å². The standard InChI is InChI=1S/C12H23N3O2/c1-10-9-14-15(3)11(10)12(2,16)5-6-13-7-8-17-4/h9,13,16H,5-8H2,1-4H3. The molecule has 1 heterocycles. The van der Waals surface area contributed by atoms with Crippen LogP contribution in [0.4, 0.5) is 0 Å². The van der Waals surface area contributed by atoms with Gasteiger partial charge in [0.05, 0.1) is 18.5 Å². The molecule has 0 spiro atoms. The molecular weight excluding hydrogens is 218 g/mol. The first-order valence-corrected chi connectivity index (χ1v) is 5.90. The smallest absolute Gasteiger partial charge is 0.105 e. The number of rotatable bonds is 7. The van der Waals surface area contributed by atoms with Gasteiger partial charge in [-0.25, -0.2) is 0 Å². The number of ether oxygens (including phenoxy) is 1. The van der Waals surface area contributed by atoms with Crippen molar-refractivity contribution in [2.45, 2.75) is 25.9 Å². The highest BCUT2D eigenvalue weighted by atomic mass is 16.5. The molecule has 5 heteroatoms. The summed E-state index contributed by atoms with van der Waals surface area (Å²) in [6.45, 7) is 6.04. The van der Waals surface area contributed by atoms with Crippen LogP contribution in [0.2, 0.25) is 0 Å². The first kappa shape index (κ1) is 14.2. The van der Waals surface area contributed by atoms with Gasteiger partial charge in [-0.15, -0.1) is 0 Å². The van der Waals surface area contributed by atoms with E-state index in [0.29, 0.717) is 13.0 Å². The van der Waals surface area contributed by atoms with Crippen molar-refractivity contribution in [2.75, 3.05) is 26.8 Å². The molecule has 0 aliphatic carbocycles. The zero-order valence-electron chi connectivity index (χ0n) is 11.2. The monoisotopic (exact) mass is 241 g/mol. The fourth-order valence-electron chi connectivity index (χ4n) is 2.07. The summed E-state index contributed by atoms with van der Waals surface area (Å²) < 4.78 is 6.69. The maximum absolute atomic E-state index is 10.5. The van der Waals surface area contributed by atoms with Crippen LogP contribution in [0.1, 0.15) is 24.6 Å². The Morgan fingerprint density at radius 1 is 1.53 bits per heavy atom. The van der Waals surface area contributed by atoms with Crippen LogP contribution in [-0.4, -0.2) is 41.7 Å². The van der Waals surface area contributed by atoms with Crippen molar-refractivity contribution in [3.63, 3.8) is 0 Å². The molecule has 0 radical (unpaired) electrons. The highest BCUT2D eigenvalue weighted by Crippen LogP contribution is 2.26. The first-order valence-electron chi connectivity index (χ1n) is 5.90. The van der Waals surface area contributed by atoms with Gasteiger partial charge < -0.3 is 15.2 Å².